The van der Waals surface area contributed by atoms with E-state index < -0.39 is 11.8 Å². The number of para-hydroxylation sites is 1. The molecule has 9 heteroatoms. The van der Waals surface area contributed by atoms with Gasteiger partial charge < -0.3 is 9.47 Å². The zero-order chi connectivity index (χ0) is 20.5. The molecule has 0 bridgehead atoms. The lowest BCUT2D eigenvalue weighted by atomic mass is 10.2. The fourth-order valence-corrected chi connectivity index (χ4v) is 3.03. The molecule has 7 nitrogen and oxygen atoms in total. The van der Waals surface area contributed by atoms with Crippen molar-refractivity contribution in [3.8, 4) is 11.5 Å². The molecule has 0 saturated heterocycles. The highest BCUT2D eigenvalue weighted by atomic mass is 127. The van der Waals surface area contributed by atoms with Crippen LogP contribution in [0.3, 0.4) is 0 Å². The SMILES string of the molecule is COc1ccc(C(=O)NNC(=S)NC(=O)/C=C/c2ccccc2OC)cc1I. The first-order valence-corrected chi connectivity index (χ1v) is 9.49. The highest BCUT2D eigenvalue weighted by Gasteiger charge is 2.09. The second-order valence-corrected chi connectivity index (χ2v) is 6.89. The van der Waals surface area contributed by atoms with Crippen molar-refractivity contribution in [3.63, 3.8) is 0 Å². The van der Waals surface area contributed by atoms with E-state index in [1.165, 1.54) is 6.08 Å². The van der Waals surface area contributed by atoms with Gasteiger partial charge in [0.15, 0.2) is 5.11 Å². The highest BCUT2D eigenvalue weighted by Crippen LogP contribution is 2.21. The van der Waals surface area contributed by atoms with Crippen molar-refractivity contribution in [2.75, 3.05) is 14.2 Å². The Morgan fingerprint density at radius 3 is 2.43 bits per heavy atom. The van der Waals surface area contributed by atoms with E-state index in [0.29, 0.717) is 17.1 Å². The molecule has 0 aliphatic rings. The van der Waals surface area contributed by atoms with Crippen molar-refractivity contribution >= 4 is 57.8 Å². The zero-order valence-corrected chi connectivity index (χ0v) is 18.1. The molecule has 0 unspecified atom stereocenters. The van der Waals surface area contributed by atoms with E-state index in [9.17, 15) is 9.59 Å². The number of rotatable bonds is 5. The van der Waals surface area contributed by atoms with Gasteiger partial charge in [0.1, 0.15) is 11.5 Å². The van der Waals surface area contributed by atoms with Crippen molar-refractivity contribution in [1.82, 2.24) is 16.2 Å². The minimum atomic E-state index is -0.448. The maximum Gasteiger partial charge on any atom is 0.269 e. The summed E-state index contributed by atoms with van der Waals surface area (Å²) in [5, 5.41) is 2.41. The fraction of sp³-hybridized carbons (Fsp3) is 0.105. The third-order valence-electron chi connectivity index (χ3n) is 3.49. The molecular formula is C19H18IN3O4S. The molecule has 0 aliphatic heterocycles. The topological polar surface area (TPSA) is 88.7 Å². The van der Waals surface area contributed by atoms with Crippen LogP contribution in [0.1, 0.15) is 15.9 Å². The number of hydrogen-bond donors (Lipinski definition) is 3. The first kappa shape index (κ1) is 21.6. The molecule has 3 N–H and O–H groups in total. The Bertz CT molecular complexity index is 918. The van der Waals surface area contributed by atoms with Crippen LogP contribution < -0.4 is 25.6 Å². The summed E-state index contributed by atoms with van der Waals surface area (Å²) in [5.74, 6) is 0.474. The number of methoxy groups -OCH3 is 2. The molecular weight excluding hydrogens is 493 g/mol. The van der Waals surface area contributed by atoms with E-state index in [2.05, 4.69) is 38.8 Å². The van der Waals surface area contributed by atoms with Crippen LogP contribution in [0.2, 0.25) is 0 Å². The van der Waals surface area contributed by atoms with Crippen molar-refractivity contribution in [3.05, 3.63) is 63.2 Å². The van der Waals surface area contributed by atoms with E-state index in [0.717, 1.165) is 9.13 Å². The quantitative estimate of drug-likeness (QED) is 0.248. The lowest BCUT2D eigenvalue weighted by Gasteiger charge is -2.11. The van der Waals surface area contributed by atoms with E-state index >= 15 is 0 Å². The Morgan fingerprint density at radius 2 is 1.75 bits per heavy atom. The van der Waals surface area contributed by atoms with Gasteiger partial charge in [0.2, 0.25) is 5.91 Å². The standard InChI is InChI=1S/C19H18IN3O4S/c1-26-15-6-4-3-5-12(15)8-10-17(24)21-19(28)23-22-18(25)13-7-9-16(27-2)14(20)11-13/h3-11H,1-2H3,(H,22,25)(H2,21,23,24,28)/b10-8+. The third kappa shape index (κ3) is 6.20. The number of hydrazine groups is 1. The van der Waals surface area contributed by atoms with E-state index in [4.69, 9.17) is 21.7 Å². The van der Waals surface area contributed by atoms with Crippen LogP contribution >= 0.6 is 34.8 Å². The maximum absolute atomic E-state index is 12.2. The number of ether oxygens (including phenoxy) is 2. The fourth-order valence-electron chi connectivity index (χ4n) is 2.15. The number of thiocarbonyl (C=S) groups is 1. The summed E-state index contributed by atoms with van der Waals surface area (Å²) in [5.41, 5.74) is 6.09. The molecule has 2 aromatic rings. The lowest BCUT2D eigenvalue weighted by molar-refractivity contribution is -0.115. The third-order valence-corrected chi connectivity index (χ3v) is 4.54. The molecule has 0 radical (unpaired) electrons. The number of amides is 2. The molecule has 0 saturated carbocycles. The summed E-state index contributed by atoms with van der Waals surface area (Å²) in [6.07, 6.45) is 2.92. The zero-order valence-electron chi connectivity index (χ0n) is 15.1. The number of carbonyl (C=O) groups excluding carboxylic acids is 2. The number of nitrogens with one attached hydrogen (secondary N) is 3. The van der Waals surface area contributed by atoms with E-state index in [1.807, 2.05) is 18.2 Å². The largest absolute Gasteiger partial charge is 0.496 e. The summed E-state index contributed by atoms with van der Waals surface area (Å²) in [6.45, 7) is 0. The lowest BCUT2D eigenvalue weighted by Crippen LogP contribution is -2.48. The number of benzene rings is 2. The molecule has 0 heterocycles. The average molecular weight is 511 g/mol. The van der Waals surface area contributed by atoms with Crippen LogP contribution in [-0.2, 0) is 4.79 Å². The number of hydrogen-bond acceptors (Lipinski definition) is 5. The molecule has 146 valence electrons. The summed E-state index contributed by atoms with van der Waals surface area (Å²) >= 11 is 7.08. The van der Waals surface area contributed by atoms with E-state index in [1.54, 1.807) is 44.6 Å². The molecule has 2 amide bonds. The van der Waals surface area contributed by atoms with Gasteiger partial charge in [-0.25, -0.2) is 0 Å². The molecule has 2 aromatic carbocycles. The first-order chi connectivity index (χ1) is 13.4. The van der Waals surface area contributed by atoms with Crippen molar-refractivity contribution in [1.29, 1.82) is 0 Å². The van der Waals surface area contributed by atoms with Gasteiger partial charge >= 0.3 is 0 Å². The van der Waals surface area contributed by atoms with Gasteiger partial charge in [-0.05, 0) is 65.2 Å². The highest BCUT2D eigenvalue weighted by molar-refractivity contribution is 14.1. The Hall–Kier alpha value is -2.66. The van der Waals surface area contributed by atoms with Gasteiger partial charge in [-0.15, -0.1) is 0 Å². The summed E-state index contributed by atoms with van der Waals surface area (Å²) in [6, 6.07) is 12.3. The van der Waals surface area contributed by atoms with Crippen LogP contribution in [-0.4, -0.2) is 31.1 Å². The maximum atomic E-state index is 12.2. The minimum absolute atomic E-state index is 0.0359. The Labute approximate surface area is 181 Å². The van der Waals surface area contributed by atoms with Crippen molar-refractivity contribution in [2.24, 2.45) is 0 Å². The first-order valence-electron chi connectivity index (χ1n) is 8.00. The molecule has 0 spiro atoms. The van der Waals surface area contributed by atoms with Crippen molar-refractivity contribution in [2.45, 2.75) is 0 Å². The van der Waals surface area contributed by atoms with Gasteiger partial charge in [0, 0.05) is 17.2 Å². The van der Waals surface area contributed by atoms with Crippen LogP contribution in [0, 0.1) is 3.57 Å². The Morgan fingerprint density at radius 1 is 1.04 bits per heavy atom. The van der Waals surface area contributed by atoms with E-state index in [-0.39, 0.29) is 5.11 Å². The number of carbonyl (C=O) groups is 2. The van der Waals surface area contributed by atoms with Crippen LogP contribution in [0.5, 0.6) is 11.5 Å². The summed E-state index contributed by atoms with van der Waals surface area (Å²) < 4.78 is 11.2. The monoisotopic (exact) mass is 511 g/mol. The van der Waals surface area contributed by atoms with Gasteiger partial charge in [-0.3, -0.25) is 25.8 Å². The minimum Gasteiger partial charge on any atom is -0.496 e. The van der Waals surface area contributed by atoms with Gasteiger partial charge in [-0.1, -0.05) is 18.2 Å². The van der Waals surface area contributed by atoms with Crippen LogP contribution in [0.15, 0.2) is 48.5 Å². The molecule has 0 aliphatic carbocycles. The van der Waals surface area contributed by atoms with Crippen molar-refractivity contribution < 1.29 is 19.1 Å². The molecule has 28 heavy (non-hydrogen) atoms. The predicted octanol–water partition coefficient (Wildman–Crippen LogP) is 2.66. The smallest absolute Gasteiger partial charge is 0.269 e. The summed E-state index contributed by atoms with van der Waals surface area (Å²) in [7, 11) is 3.11. The van der Waals surface area contributed by atoms with Gasteiger partial charge in [0.25, 0.3) is 5.91 Å². The Kier molecular flexibility index (Phi) is 8.20. The van der Waals surface area contributed by atoms with Gasteiger partial charge in [-0.2, -0.15) is 0 Å². The average Bonchev–Trinajstić information content (AvgIpc) is 2.70. The second-order valence-electron chi connectivity index (χ2n) is 5.32. The molecule has 2 rings (SSSR count). The summed E-state index contributed by atoms with van der Waals surface area (Å²) in [4.78, 5) is 24.1. The van der Waals surface area contributed by atoms with Gasteiger partial charge in [0.05, 0.1) is 17.8 Å². The van der Waals surface area contributed by atoms with Crippen LogP contribution in [0.25, 0.3) is 6.08 Å². The van der Waals surface area contributed by atoms with Crippen LogP contribution in [0.4, 0.5) is 0 Å². The predicted molar refractivity (Wildman–Crippen MR) is 119 cm³/mol. The Balaban J connectivity index is 1.86. The normalized spacial score (nSPS) is 10.2. The second kappa shape index (κ2) is 10.6. The molecule has 0 atom stereocenters. The molecule has 0 fully saturated rings. The molecule has 0 aromatic heterocycles. The number of halogens is 1.